The van der Waals surface area contributed by atoms with E-state index < -0.39 is 0 Å². The van der Waals surface area contributed by atoms with Crippen LogP contribution in [0.25, 0.3) is 0 Å². The zero-order valence-corrected chi connectivity index (χ0v) is 13.0. The first-order valence-corrected chi connectivity index (χ1v) is 7.53. The van der Waals surface area contributed by atoms with Gasteiger partial charge in [-0.3, -0.25) is 4.79 Å². The van der Waals surface area contributed by atoms with Crippen molar-refractivity contribution in [1.82, 2.24) is 15.3 Å². The molecule has 0 spiro atoms. The molecule has 0 saturated heterocycles. The van der Waals surface area contributed by atoms with Gasteiger partial charge >= 0.3 is 0 Å². The molecule has 0 radical (unpaired) electrons. The number of hydrogen-bond acceptors (Lipinski definition) is 4. The largest absolute Gasteiger partial charge is 0.370 e. The third-order valence-corrected chi connectivity index (χ3v) is 3.22. The second-order valence-electron chi connectivity index (χ2n) is 5.57. The molecule has 2 rings (SSSR count). The van der Waals surface area contributed by atoms with E-state index in [1.165, 1.54) is 6.33 Å². The molecule has 2 aromatic rings. The van der Waals surface area contributed by atoms with Crippen molar-refractivity contribution in [2.24, 2.45) is 5.92 Å². The molecule has 5 nitrogen and oxygen atoms in total. The zero-order valence-electron chi connectivity index (χ0n) is 13.0. The topological polar surface area (TPSA) is 66.9 Å². The predicted molar refractivity (Wildman–Crippen MR) is 87.6 cm³/mol. The standard InChI is InChI=1S/C17H22N4O/c1-13(2)8-9-18-16-10-15(20-12-21-16)17(22)19-11-14-6-4-3-5-7-14/h3-7,10,12-13H,8-9,11H2,1-2H3,(H,19,22)(H,18,20,21). The number of carbonyl (C=O) groups excluding carboxylic acids is 1. The Balaban J connectivity index is 1.89. The monoisotopic (exact) mass is 298 g/mol. The van der Waals surface area contributed by atoms with Gasteiger partial charge in [0.15, 0.2) is 0 Å². The minimum absolute atomic E-state index is 0.196. The summed E-state index contributed by atoms with van der Waals surface area (Å²) in [7, 11) is 0. The Morgan fingerprint density at radius 2 is 1.95 bits per heavy atom. The van der Waals surface area contributed by atoms with Gasteiger partial charge in [-0.05, 0) is 17.9 Å². The van der Waals surface area contributed by atoms with E-state index in [1.807, 2.05) is 30.3 Å². The van der Waals surface area contributed by atoms with Gasteiger partial charge in [-0.2, -0.15) is 0 Å². The lowest BCUT2D eigenvalue weighted by atomic mass is 10.1. The van der Waals surface area contributed by atoms with Crippen LogP contribution in [-0.4, -0.2) is 22.4 Å². The van der Waals surface area contributed by atoms with Crippen molar-refractivity contribution in [2.45, 2.75) is 26.8 Å². The molecule has 0 bridgehead atoms. The van der Waals surface area contributed by atoms with E-state index in [9.17, 15) is 4.79 Å². The number of nitrogens with zero attached hydrogens (tertiary/aromatic N) is 2. The SMILES string of the molecule is CC(C)CCNc1cc(C(=O)NCc2ccccc2)ncn1. The summed E-state index contributed by atoms with van der Waals surface area (Å²) in [4.78, 5) is 20.3. The fraction of sp³-hybridized carbons (Fsp3) is 0.353. The maximum Gasteiger partial charge on any atom is 0.270 e. The second-order valence-corrected chi connectivity index (χ2v) is 5.57. The summed E-state index contributed by atoms with van der Waals surface area (Å²) in [5.74, 6) is 1.11. The van der Waals surface area contributed by atoms with Gasteiger partial charge in [-0.1, -0.05) is 44.2 Å². The summed E-state index contributed by atoms with van der Waals surface area (Å²) >= 11 is 0. The van der Waals surface area contributed by atoms with Gasteiger partial charge < -0.3 is 10.6 Å². The third kappa shape index (κ3) is 5.16. The van der Waals surface area contributed by atoms with Crippen LogP contribution in [0.4, 0.5) is 5.82 Å². The number of benzene rings is 1. The summed E-state index contributed by atoms with van der Waals surface area (Å²) in [5, 5.41) is 6.07. The molecule has 0 saturated carbocycles. The Morgan fingerprint density at radius 3 is 2.68 bits per heavy atom. The number of anilines is 1. The Hall–Kier alpha value is -2.43. The van der Waals surface area contributed by atoms with E-state index in [0.29, 0.717) is 24.0 Å². The minimum atomic E-state index is -0.196. The van der Waals surface area contributed by atoms with Crippen LogP contribution in [0.15, 0.2) is 42.7 Å². The van der Waals surface area contributed by atoms with E-state index in [4.69, 9.17) is 0 Å². The van der Waals surface area contributed by atoms with Crippen molar-refractivity contribution >= 4 is 11.7 Å². The van der Waals surface area contributed by atoms with Gasteiger partial charge in [-0.15, -0.1) is 0 Å². The molecule has 0 aliphatic heterocycles. The molecule has 1 heterocycles. The van der Waals surface area contributed by atoms with Gasteiger partial charge in [0.2, 0.25) is 0 Å². The average Bonchev–Trinajstić information content (AvgIpc) is 2.53. The average molecular weight is 298 g/mol. The summed E-state index contributed by atoms with van der Waals surface area (Å²) in [6.45, 7) is 5.66. The van der Waals surface area contributed by atoms with Crippen LogP contribution in [0.3, 0.4) is 0 Å². The quantitative estimate of drug-likeness (QED) is 0.825. The van der Waals surface area contributed by atoms with Crippen molar-refractivity contribution < 1.29 is 4.79 Å². The molecule has 22 heavy (non-hydrogen) atoms. The van der Waals surface area contributed by atoms with Crippen LogP contribution in [0, 0.1) is 5.92 Å². The fourth-order valence-electron chi connectivity index (χ4n) is 1.94. The van der Waals surface area contributed by atoms with Crippen LogP contribution in [0.1, 0.15) is 36.3 Å². The van der Waals surface area contributed by atoms with E-state index in [2.05, 4.69) is 34.4 Å². The Labute approximate surface area is 131 Å². The van der Waals surface area contributed by atoms with Crippen LogP contribution >= 0.6 is 0 Å². The normalized spacial score (nSPS) is 10.5. The molecule has 0 fully saturated rings. The summed E-state index contributed by atoms with van der Waals surface area (Å²) in [6, 6.07) is 11.5. The lowest BCUT2D eigenvalue weighted by molar-refractivity contribution is 0.0946. The Kier molecular flexibility index (Phi) is 5.89. The minimum Gasteiger partial charge on any atom is -0.370 e. The van der Waals surface area contributed by atoms with Gasteiger partial charge in [0.1, 0.15) is 17.8 Å². The first-order valence-electron chi connectivity index (χ1n) is 7.53. The zero-order chi connectivity index (χ0) is 15.8. The molecular formula is C17H22N4O. The number of hydrogen-bond donors (Lipinski definition) is 2. The van der Waals surface area contributed by atoms with Crippen molar-refractivity contribution in [2.75, 3.05) is 11.9 Å². The van der Waals surface area contributed by atoms with Crippen LogP contribution < -0.4 is 10.6 Å². The summed E-state index contributed by atoms with van der Waals surface area (Å²) < 4.78 is 0. The molecule has 1 amide bonds. The number of nitrogens with one attached hydrogen (secondary N) is 2. The number of amides is 1. The molecule has 5 heteroatoms. The van der Waals surface area contributed by atoms with E-state index in [-0.39, 0.29) is 5.91 Å². The highest BCUT2D eigenvalue weighted by molar-refractivity contribution is 5.92. The number of aromatic nitrogens is 2. The van der Waals surface area contributed by atoms with Crippen molar-refractivity contribution in [3.8, 4) is 0 Å². The first-order chi connectivity index (χ1) is 10.6. The molecule has 0 unspecified atom stereocenters. The first kappa shape index (κ1) is 15.9. The van der Waals surface area contributed by atoms with Gasteiger partial charge in [0.05, 0.1) is 0 Å². The second kappa shape index (κ2) is 8.12. The molecule has 0 atom stereocenters. The van der Waals surface area contributed by atoms with Gasteiger partial charge in [0.25, 0.3) is 5.91 Å². The fourth-order valence-corrected chi connectivity index (χ4v) is 1.94. The van der Waals surface area contributed by atoms with E-state index >= 15 is 0 Å². The Morgan fingerprint density at radius 1 is 1.18 bits per heavy atom. The molecule has 1 aromatic heterocycles. The summed E-state index contributed by atoms with van der Waals surface area (Å²) in [6.07, 6.45) is 2.47. The number of carbonyl (C=O) groups is 1. The van der Waals surface area contributed by atoms with Crippen molar-refractivity contribution in [1.29, 1.82) is 0 Å². The van der Waals surface area contributed by atoms with Crippen LogP contribution in [0.5, 0.6) is 0 Å². The van der Waals surface area contributed by atoms with Crippen molar-refractivity contribution in [3.05, 3.63) is 54.0 Å². The van der Waals surface area contributed by atoms with Crippen LogP contribution in [0.2, 0.25) is 0 Å². The molecular weight excluding hydrogens is 276 g/mol. The lowest BCUT2D eigenvalue weighted by Gasteiger charge is -2.09. The smallest absolute Gasteiger partial charge is 0.270 e. The molecule has 116 valence electrons. The molecule has 0 aliphatic carbocycles. The van der Waals surface area contributed by atoms with E-state index in [1.54, 1.807) is 6.07 Å². The van der Waals surface area contributed by atoms with Crippen LogP contribution in [-0.2, 0) is 6.54 Å². The maximum absolute atomic E-state index is 12.1. The third-order valence-electron chi connectivity index (χ3n) is 3.22. The van der Waals surface area contributed by atoms with Crippen molar-refractivity contribution in [3.63, 3.8) is 0 Å². The maximum atomic E-state index is 12.1. The predicted octanol–water partition coefficient (Wildman–Crippen LogP) is 2.86. The Bertz CT molecular complexity index is 599. The highest BCUT2D eigenvalue weighted by atomic mass is 16.1. The number of rotatable bonds is 7. The molecule has 1 aromatic carbocycles. The van der Waals surface area contributed by atoms with Gasteiger partial charge in [-0.25, -0.2) is 9.97 Å². The van der Waals surface area contributed by atoms with E-state index in [0.717, 1.165) is 18.5 Å². The van der Waals surface area contributed by atoms with Gasteiger partial charge in [0, 0.05) is 19.2 Å². The highest BCUT2D eigenvalue weighted by Gasteiger charge is 2.08. The highest BCUT2D eigenvalue weighted by Crippen LogP contribution is 2.06. The lowest BCUT2D eigenvalue weighted by Crippen LogP contribution is -2.24. The summed E-state index contributed by atoms with van der Waals surface area (Å²) in [5.41, 5.74) is 1.43. The molecule has 0 aliphatic rings. The molecule has 2 N–H and O–H groups in total.